The van der Waals surface area contributed by atoms with E-state index in [9.17, 15) is 14.4 Å². The number of hydrogen-bond acceptors (Lipinski definition) is 7. The van der Waals surface area contributed by atoms with Gasteiger partial charge in [-0.3, -0.25) is 9.59 Å². The molecule has 3 rings (SSSR count). The molecular weight excluding hydrogens is 518 g/mol. The van der Waals surface area contributed by atoms with Crippen molar-refractivity contribution < 1.29 is 33.4 Å². The van der Waals surface area contributed by atoms with E-state index < -0.39 is 36.0 Å². The molecule has 0 unspecified atom stereocenters. The Morgan fingerprint density at radius 2 is 1.94 bits per heavy atom. The standard InChI is InChI=1S/C26H32BrNO7/c1-16(2)21-15-33-26(32)28(21)25(31)19(13-18-9-5-4-6-10-18)24(34-17(3)30)23-14-20(27)22(35-23)11-7-8-12-29/h4-6,9-10,14,16,19,21,24,29H,7-8,11-13,15H2,1-3H3/t19-,21+,24-/m0/s1. The van der Waals surface area contributed by atoms with Crippen LogP contribution in [-0.2, 0) is 31.9 Å². The number of amides is 2. The first-order chi connectivity index (χ1) is 16.7. The summed E-state index contributed by atoms with van der Waals surface area (Å²) in [6.45, 7) is 5.33. The number of halogens is 1. The fourth-order valence-corrected chi connectivity index (χ4v) is 4.71. The third-order valence-corrected chi connectivity index (χ3v) is 6.73. The van der Waals surface area contributed by atoms with Crippen LogP contribution in [0.25, 0.3) is 0 Å². The van der Waals surface area contributed by atoms with Gasteiger partial charge in [0, 0.05) is 20.0 Å². The number of carbonyl (C=O) groups is 3. The molecule has 2 aromatic rings. The summed E-state index contributed by atoms with van der Waals surface area (Å²) in [4.78, 5) is 39.8. The van der Waals surface area contributed by atoms with Gasteiger partial charge in [0.15, 0.2) is 6.10 Å². The summed E-state index contributed by atoms with van der Waals surface area (Å²) in [5.74, 6) is -1.02. The Bertz CT molecular complexity index is 1020. The predicted octanol–water partition coefficient (Wildman–Crippen LogP) is 4.82. The number of cyclic esters (lactones) is 1. The van der Waals surface area contributed by atoms with Crippen molar-refractivity contribution in [3.8, 4) is 0 Å². The fourth-order valence-electron chi connectivity index (χ4n) is 4.20. The monoisotopic (exact) mass is 549 g/mol. The highest BCUT2D eigenvalue weighted by Gasteiger charge is 2.46. The quantitative estimate of drug-likeness (QED) is 0.316. The number of aliphatic hydroxyl groups is 1. The number of esters is 1. The molecule has 0 bridgehead atoms. The van der Waals surface area contributed by atoms with Gasteiger partial charge in [0.05, 0.1) is 16.4 Å². The van der Waals surface area contributed by atoms with Crippen LogP contribution in [0, 0.1) is 11.8 Å². The fraction of sp³-hybridized carbons (Fsp3) is 0.500. The Balaban J connectivity index is 2.02. The molecule has 8 nitrogen and oxygen atoms in total. The largest absolute Gasteiger partial charge is 0.461 e. The van der Waals surface area contributed by atoms with E-state index in [-0.39, 0.29) is 25.6 Å². The van der Waals surface area contributed by atoms with E-state index in [1.165, 1.54) is 6.92 Å². The number of hydrogen-bond donors (Lipinski definition) is 1. The van der Waals surface area contributed by atoms with Crippen molar-refractivity contribution in [2.45, 2.75) is 58.6 Å². The molecule has 1 fully saturated rings. The first-order valence-corrected chi connectivity index (χ1v) is 12.6. The Kier molecular flexibility index (Phi) is 9.51. The van der Waals surface area contributed by atoms with Crippen LogP contribution in [0.5, 0.6) is 0 Å². The highest BCUT2D eigenvalue weighted by molar-refractivity contribution is 9.10. The maximum Gasteiger partial charge on any atom is 0.416 e. The van der Waals surface area contributed by atoms with Crippen LogP contribution in [0.4, 0.5) is 4.79 Å². The van der Waals surface area contributed by atoms with E-state index in [2.05, 4.69) is 15.9 Å². The van der Waals surface area contributed by atoms with Crippen molar-refractivity contribution in [3.63, 3.8) is 0 Å². The molecule has 0 saturated carbocycles. The van der Waals surface area contributed by atoms with Gasteiger partial charge in [0.25, 0.3) is 0 Å². The number of ether oxygens (including phenoxy) is 2. The lowest BCUT2D eigenvalue weighted by Gasteiger charge is -2.30. The minimum atomic E-state index is -1.05. The molecule has 1 aromatic carbocycles. The van der Waals surface area contributed by atoms with Gasteiger partial charge in [-0.2, -0.15) is 0 Å². The van der Waals surface area contributed by atoms with Crippen LogP contribution in [0.2, 0.25) is 0 Å². The summed E-state index contributed by atoms with van der Waals surface area (Å²) in [5.41, 5.74) is 0.852. The Labute approximate surface area is 213 Å². The maximum absolute atomic E-state index is 13.9. The van der Waals surface area contributed by atoms with E-state index in [1.54, 1.807) is 6.07 Å². The Morgan fingerprint density at radius 1 is 1.23 bits per heavy atom. The molecule has 1 saturated heterocycles. The van der Waals surface area contributed by atoms with Crippen molar-refractivity contribution in [2.24, 2.45) is 11.8 Å². The molecule has 1 aliphatic rings. The first kappa shape index (κ1) is 26.9. The van der Waals surface area contributed by atoms with Gasteiger partial charge in [-0.25, -0.2) is 9.69 Å². The number of unbranched alkanes of at least 4 members (excludes halogenated alkanes) is 1. The van der Waals surface area contributed by atoms with Crippen molar-refractivity contribution in [3.05, 3.63) is 58.0 Å². The molecule has 1 N–H and O–H groups in total. The SMILES string of the molecule is CC(=O)O[C@H](c1cc(Br)c(CCCCO)o1)[C@H](Cc1ccccc1)C(=O)N1C(=O)OC[C@@H]1C(C)C. The van der Waals surface area contributed by atoms with Gasteiger partial charge in [-0.15, -0.1) is 0 Å². The highest BCUT2D eigenvalue weighted by atomic mass is 79.9. The van der Waals surface area contributed by atoms with Gasteiger partial charge in [0.1, 0.15) is 18.1 Å². The van der Waals surface area contributed by atoms with Crippen LogP contribution in [0.15, 0.2) is 45.3 Å². The van der Waals surface area contributed by atoms with Crippen LogP contribution in [0.3, 0.4) is 0 Å². The van der Waals surface area contributed by atoms with E-state index in [4.69, 9.17) is 19.0 Å². The minimum absolute atomic E-state index is 0.00849. The molecule has 1 aromatic heterocycles. The second-order valence-corrected chi connectivity index (χ2v) is 9.88. The van der Waals surface area contributed by atoms with E-state index >= 15 is 0 Å². The van der Waals surface area contributed by atoms with Crippen LogP contribution < -0.4 is 0 Å². The predicted molar refractivity (Wildman–Crippen MR) is 131 cm³/mol. The smallest absolute Gasteiger partial charge is 0.416 e. The number of benzene rings is 1. The molecule has 0 aliphatic carbocycles. The van der Waals surface area contributed by atoms with E-state index in [0.717, 1.165) is 10.5 Å². The van der Waals surface area contributed by atoms with E-state index in [1.807, 2.05) is 44.2 Å². The molecular formula is C26H32BrNO7. The van der Waals surface area contributed by atoms with Gasteiger partial charge < -0.3 is 19.0 Å². The van der Waals surface area contributed by atoms with Crippen molar-refractivity contribution in [1.29, 1.82) is 0 Å². The second-order valence-electron chi connectivity index (χ2n) is 9.02. The zero-order valence-electron chi connectivity index (χ0n) is 20.2. The molecule has 35 heavy (non-hydrogen) atoms. The summed E-state index contributed by atoms with van der Waals surface area (Å²) >= 11 is 3.50. The highest BCUT2D eigenvalue weighted by Crippen LogP contribution is 2.37. The molecule has 9 heteroatoms. The maximum atomic E-state index is 13.9. The lowest BCUT2D eigenvalue weighted by atomic mass is 9.90. The molecule has 2 amide bonds. The minimum Gasteiger partial charge on any atom is -0.461 e. The van der Waals surface area contributed by atoms with Gasteiger partial charge in [0.2, 0.25) is 5.91 Å². The topological polar surface area (TPSA) is 106 Å². The van der Waals surface area contributed by atoms with Crippen LogP contribution >= 0.6 is 15.9 Å². The van der Waals surface area contributed by atoms with Crippen LogP contribution in [0.1, 0.15) is 56.8 Å². The molecule has 190 valence electrons. The average molecular weight is 550 g/mol. The summed E-state index contributed by atoms with van der Waals surface area (Å²) in [7, 11) is 0. The summed E-state index contributed by atoms with van der Waals surface area (Å²) < 4.78 is 17.6. The summed E-state index contributed by atoms with van der Waals surface area (Å²) in [5, 5.41) is 9.09. The average Bonchev–Trinajstić information content (AvgIpc) is 3.39. The van der Waals surface area contributed by atoms with Gasteiger partial charge >= 0.3 is 12.1 Å². The third-order valence-electron chi connectivity index (χ3n) is 6.06. The zero-order valence-corrected chi connectivity index (χ0v) is 21.8. The number of nitrogens with zero attached hydrogens (tertiary/aromatic N) is 1. The van der Waals surface area contributed by atoms with Crippen molar-refractivity contribution in [1.82, 2.24) is 4.90 Å². The number of furan rings is 1. The van der Waals surface area contributed by atoms with Crippen LogP contribution in [-0.4, -0.2) is 47.2 Å². The van der Waals surface area contributed by atoms with Crippen molar-refractivity contribution >= 4 is 33.9 Å². The number of aryl methyl sites for hydroxylation is 1. The normalized spacial score (nSPS) is 17.4. The summed E-state index contributed by atoms with van der Waals surface area (Å²) in [6.07, 6.45) is 0.382. The molecule has 0 spiro atoms. The second kappa shape index (κ2) is 12.4. The van der Waals surface area contributed by atoms with E-state index in [0.29, 0.717) is 35.3 Å². The molecule has 3 atom stereocenters. The molecule has 0 radical (unpaired) electrons. The van der Waals surface area contributed by atoms with Gasteiger partial charge in [-0.05, 0) is 52.7 Å². The number of aliphatic hydroxyl groups excluding tert-OH is 1. The zero-order chi connectivity index (χ0) is 25.5. The number of carbonyl (C=O) groups excluding carboxylic acids is 3. The van der Waals surface area contributed by atoms with Crippen molar-refractivity contribution in [2.75, 3.05) is 13.2 Å². The Morgan fingerprint density at radius 3 is 2.57 bits per heavy atom. The lowest BCUT2D eigenvalue weighted by molar-refractivity contribution is -0.155. The summed E-state index contributed by atoms with van der Waals surface area (Å²) in [6, 6.07) is 10.7. The third kappa shape index (κ3) is 6.73. The Hall–Kier alpha value is -2.65. The number of rotatable bonds is 11. The first-order valence-electron chi connectivity index (χ1n) is 11.8. The number of imide groups is 1. The lowest BCUT2D eigenvalue weighted by Crippen LogP contribution is -2.47. The molecule has 2 heterocycles. The van der Waals surface area contributed by atoms with Gasteiger partial charge in [-0.1, -0.05) is 44.2 Å². The molecule has 1 aliphatic heterocycles.